The van der Waals surface area contributed by atoms with Gasteiger partial charge < -0.3 is 15.6 Å². The zero-order valence-electron chi connectivity index (χ0n) is 9.99. The van der Waals surface area contributed by atoms with Gasteiger partial charge in [0.15, 0.2) is 5.82 Å². The summed E-state index contributed by atoms with van der Waals surface area (Å²) < 4.78 is 6.87. The van der Waals surface area contributed by atoms with E-state index in [1.54, 1.807) is 11.0 Å². The molecule has 0 atom stereocenters. The van der Waals surface area contributed by atoms with Gasteiger partial charge in [-0.15, -0.1) is 0 Å². The van der Waals surface area contributed by atoms with Gasteiger partial charge in [-0.1, -0.05) is 0 Å². The molecule has 3 N–H and O–H groups in total. The molecule has 1 aromatic heterocycles. The standard InChI is InChI=1S/C12H16N4O2/c13-11-3-1-10(2-4-11)12-14-9-16(15-12)5-7-18-8-6-17/h1-4,9,17H,5-8,13H2. The Morgan fingerprint density at radius 1 is 1.22 bits per heavy atom. The Hall–Kier alpha value is -1.92. The molecule has 96 valence electrons. The number of aliphatic hydroxyl groups is 1. The van der Waals surface area contributed by atoms with Gasteiger partial charge in [-0.25, -0.2) is 4.98 Å². The second-order valence-corrected chi connectivity index (χ2v) is 3.79. The third kappa shape index (κ3) is 3.28. The third-order valence-corrected chi connectivity index (χ3v) is 2.41. The number of ether oxygens (including phenoxy) is 1. The first-order valence-corrected chi connectivity index (χ1v) is 5.73. The second-order valence-electron chi connectivity index (χ2n) is 3.79. The largest absolute Gasteiger partial charge is 0.399 e. The summed E-state index contributed by atoms with van der Waals surface area (Å²) in [5.41, 5.74) is 7.27. The number of hydrogen-bond donors (Lipinski definition) is 2. The maximum Gasteiger partial charge on any atom is 0.181 e. The number of aliphatic hydroxyl groups excluding tert-OH is 1. The van der Waals surface area contributed by atoms with Crippen LogP contribution >= 0.6 is 0 Å². The highest BCUT2D eigenvalue weighted by Crippen LogP contribution is 2.15. The molecule has 0 bridgehead atoms. The topological polar surface area (TPSA) is 86.2 Å². The average molecular weight is 248 g/mol. The van der Waals surface area contributed by atoms with Gasteiger partial charge in [-0.3, -0.25) is 4.68 Å². The van der Waals surface area contributed by atoms with Gasteiger partial charge in [0, 0.05) is 11.3 Å². The van der Waals surface area contributed by atoms with Crippen LogP contribution in [-0.4, -0.2) is 39.7 Å². The van der Waals surface area contributed by atoms with Crippen molar-refractivity contribution in [2.24, 2.45) is 0 Å². The lowest BCUT2D eigenvalue weighted by atomic mass is 10.2. The number of nitrogen functional groups attached to an aromatic ring is 1. The van der Waals surface area contributed by atoms with Gasteiger partial charge in [0.2, 0.25) is 0 Å². The molecule has 0 fully saturated rings. The van der Waals surface area contributed by atoms with Crippen LogP contribution in [0, 0.1) is 0 Å². The molecule has 2 aromatic rings. The van der Waals surface area contributed by atoms with E-state index < -0.39 is 0 Å². The minimum atomic E-state index is 0.0358. The van der Waals surface area contributed by atoms with E-state index in [4.69, 9.17) is 15.6 Å². The first kappa shape index (κ1) is 12.5. The predicted octanol–water partition coefficient (Wildman–Crippen LogP) is 0.536. The van der Waals surface area contributed by atoms with Crippen LogP contribution in [0.1, 0.15) is 0 Å². The molecular formula is C12H16N4O2. The third-order valence-electron chi connectivity index (χ3n) is 2.41. The Balaban J connectivity index is 1.95. The van der Waals surface area contributed by atoms with E-state index in [1.807, 2.05) is 24.3 Å². The van der Waals surface area contributed by atoms with E-state index >= 15 is 0 Å². The van der Waals surface area contributed by atoms with Gasteiger partial charge >= 0.3 is 0 Å². The molecule has 0 aliphatic carbocycles. The molecule has 0 radical (unpaired) electrons. The van der Waals surface area contributed by atoms with Crippen LogP contribution in [-0.2, 0) is 11.3 Å². The molecule has 0 spiro atoms. The summed E-state index contributed by atoms with van der Waals surface area (Å²) in [7, 11) is 0. The quantitative estimate of drug-likeness (QED) is 0.575. The van der Waals surface area contributed by atoms with E-state index in [0.29, 0.717) is 25.6 Å². The van der Waals surface area contributed by atoms with Crippen molar-refractivity contribution in [1.29, 1.82) is 0 Å². The highest BCUT2D eigenvalue weighted by molar-refractivity contribution is 5.57. The zero-order chi connectivity index (χ0) is 12.8. The minimum Gasteiger partial charge on any atom is -0.399 e. The SMILES string of the molecule is Nc1ccc(-c2ncn(CCOCCO)n2)cc1. The molecule has 0 aliphatic heterocycles. The van der Waals surface area contributed by atoms with Crippen molar-refractivity contribution < 1.29 is 9.84 Å². The summed E-state index contributed by atoms with van der Waals surface area (Å²) in [4.78, 5) is 4.22. The van der Waals surface area contributed by atoms with Crippen LogP contribution in [0.25, 0.3) is 11.4 Å². The highest BCUT2D eigenvalue weighted by atomic mass is 16.5. The van der Waals surface area contributed by atoms with E-state index in [0.717, 1.165) is 11.3 Å². The molecule has 0 amide bonds. The average Bonchev–Trinajstić information content (AvgIpc) is 2.84. The Labute approximate surface area is 105 Å². The minimum absolute atomic E-state index is 0.0358. The number of benzene rings is 1. The molecule has 6 nitrogen and oxygen atoms in total. The summed E-state index contributed by atoms with van der Waals surface area (Å²) in [5.74, 6) is 0.664. The van der Waals surface area contributed by atoms with E-state index in [1.165, 1.54) is 0 Å². The molecule has 0 saturated carbocycles. The number of hydrogen-bond acceptors (Lipinski definition) is 5. The first-order valence-electron chi connectivity index (χ1n) is 5.73. The number of nitrogens with two attached hydrogens (primary N) is 1. The molecule has 6 heteroatoms. The Morgan fingerprint density at radius 2 is 2.00 bits per heavy atom. The van der Waals surface area contributed by atoms with Crippen molar-refractivity contribution in [2.45, 2.75) is 6.54 Å². The number of rotatable bonds is 6. The van der Waals surface area contributed by atoms with E-state index in [2.05, 4.69) is 10.1 Å². The summed E-state index contributed by atoms with van der Waals surface area (Å²) in [5, 5.41) is 12.9. The first-order chi connectivity index (χ1) is 8.79. The van der Waals surface area contributed by atoms with Crippen LogP contribution in [0.2, 0.25) is 0 Å². The molecule has 0 unspecified atom stereocenters. The van der Waals surface area contributed by atoms with Crippen LogP contribution < -0.4 is 5.73 Å². The zero-order valence-corrected chi connectivity index (χ0v) is 9.99. The van der Waals surface area contributed by atoms with E-state index in [9.17, 15) is 0 Å². The lowest BCUT2D eigenvalue weighted by molar-refractivity contribution is 0.0853. The fourth-order valence-electron chi connectivity index (χ4n) is 1.49. The van der Waals surface area contributed by atoms with Gasteiger partial charge in [0.05, 0.1) is 26.4 Å². The number of anilines is 1. The fraction of sp³-hybridized carbons (Fsp3) is 0.333. The van der Waals surface area contributed by atoms with Crippen molar-refractivity contribution in [1.82, 2.24) is 14.8 Å². The fourth-order valence-corrected chi connectivity index (χ4v) is 1.49. The monoisotopic (exact) mass is 248 g/mol. The highest BCUT2D eigenvalue weighted by Gasteiger charge is 2.03. The van der Waals surface area contributed by atoms with E-state index in [-0.39, 0.29) is 6.61 Å². The smallest absolute Gasteiger partial charge is 0.181 e. The van der Waals surface area contributed by atoms with Crippen molar-refractivity contribution in [3.8, 4) is 11.4 Å². The maximum atomic E-state index is 8.57. The molecule has 1 aromatic carbocycles. The van der Waals surface area contributed by atoms with Gasteiger partial charge in [-0.05, 0) is 24.3 Å². The van der Waals surface area contributed by atoms with Crippen molar-refractivity contribution in [2.75, 3.05) is 25.6 Å². The van der Waals surface area contributed by atoms with Crippen LogP contribution in [0.15, 0.2) is 30.6 Å². The van der Waals surface area contributed by atoms with Crippen molar-refractivity contribution in [3.05, 3.63) is 30.6 Å². The van der Waals surface area contributed by atoms with Crippen molar-refractivity contribution in [3.63, 3.8) is 0 Å². The lowest BCUT2D eigenvalue weighted by Crippen LogP contribution is -2.08. The summed E-state index contributed by atoms with van der Waals surface area (Å²) >= 11 is 0. The lowest BCUT2D eigenvalue weighted by Gasteiger charge is -2.01. The molecule has 18 heavy (non-hydrogen) atoms. The predicted molar refractivity (Wildman–Crippen MR) is 67.8 cm³/mol. The molecule has 0 saturated heterocycles. The molecule has 0 aliphatic rings. The van der Waals surface area contributed by atoms with Gasteiger partial charge in [0.1, 0.15) is 6.33 Å². The maximum absolute atomic E-state index is 8.57. The Bertz CT molecular complexity index is 481. The Kier molecular flexibility index (Phi) is 4.27. The number of aromatic nitrogens is 3. The summed E-state index contributed by atoms with van der Waals surface area (Å²) in [6, 6.07) is 7.41. The van der Waals surface area contributed by atoms with Crippen LogP contribution in [0.5, 0.6) is 0 Å². The van der Waals surface area contributed by atoms with Gasteiger partial charge in [0.25, 0.3) is 0 Å². The van der Waals surface area contributed by atoms with Crippen molar-refractivity contribution >= 4 is 5.69 Å². The number of nitrogens with zero attached hydrogens (tertiary/aromatic N) is 3. The summed E-state index contributed by atoms with van der Waals surface area (Å²) in [6.45, 7) is 1.50. The molecule has 2 rings (SSSR count). The second kappa shape index (κ2) is 6.13. The normalized spacial score (nSPS) is 10.7. The van der Waals surface area contributed by atoms with Crippen LogP contribution in [0.3, 0.4) is 0 Å². The summed E-state index contributed by atoms with van der Waals surface area (Å²) in [6.07, 6.45) is 1.66. The van der Waals surface area contributed by atoms with Gasteiger partial charge in [-0.2, -0.15) is 5.10 Å². The Morgan fingerprint density at radius 3 is 2.72 bits per heavy atom. The van der Waals surface area contributed by atoms with Crippen LogP contribution in [0.4, 0.5) is 5.69 Å². The molecule has 1 heterocycles. The molecular weight excluding hydrogens is 232 g/mol.